The summed E-state index contributed by atoms with van der Waals surface area (Å²) in [6.45, 7) is 4.43. The third-order valence-electron chi connectivity index (χ3n) is 4.11. The number of rotatable bonds is 6. The smallest absolute Gasteiger partial charge is 0.405 e. The molecule has 0 amide bonds. The summed E-state index contributed by atoms with van der Waals surface area (Å²) in [5, 5.41) is 6.38. The van der Waals surface area contributed by atoms with Crippen LogP contribution in [0.15, 0.2) is 29.3 Å². The van der Waals surface area contributed by atoms with Crippen LogP contribution in [-0.2, 0) is 4.74 Å². The number of nitrogens with zero attached hydrogens (tertiary/aromatic N) is 1. The van der Waals surface area contributed by atoms with Crippen LogP contribution in [0.3, 0.4) is 0 Å². The molecule has 2 N–H and O–H groups in total. The molecule has 5 nitrogen and oxygen atoms in total. The Morgan fingerprint density at radius 3 is 2.50 bits per heavy atom. The van der Waals surface area contributed by atoms with Crippen LogP contribution in [0.5, 0.6) is 5.75 Å². The highest BCUT2D eigenvalue weighted by Gasteiger charge is 2.42. The van der Waals surface area contributed by atoms with Crippen molar-refractivity contribution in [1.82, 2.24) is 10.6 Å². The van der Waals surface area contributed by atoms with E-state index in [1.54, 1.807) is 26.3 Å². The van der Waals surface area contributed by atoms with Gasteiger partial charge in [0.25, 0.3) is 0 Å². The Morgan fingerprint density at radius 1 is 1.27 bits per heavy atom. The van der Waals surface area contributed by atoms with Crippen LogP contribution in [0.1, 0.15) is 31.7 Å². The van der Waals surface area contributed by atoms with Crippen LogP contribution in [0.25, 0.3) is 0 Å². The molecule has 2 rings (SSSR count). The van der Waals surface area contributed by atoms with Crippen molar-refractivity contribution in [3.8, 4) is 5.75 Å². The fraction of sp³-hybridized carbons (Fsp3) is 0.588. The number of aliphatic imine (C=N–C) groups is 1. The molecule has 0 radical (unpaired) electrons. The molecule has 148 valence electrons. The Balaban J connectivity index is 0.00000338. The minimum atomic E-state index is -4.70. The first kappa shape index (κ1) is 22.8. The van der Waals surface area contributed by atoms with Crippen molar-refractivity contribution < 1.29 is 22.6 Å². The summed E-state index contributed by atoms with van der Waals surface area (Å²) in [6.07, 6.45) is -3.98. The predicted molar refractivity (Wildman–Crippen MR) is 105 cm³/mol. The van der Waals surface area contributed by atoms with Gasteiger partial charge >= 0.3 is 6.36 Å². The molecule has 9 heteroatoms. The molecule has 26 heavy (non-hydrogen) atoms. The fourth-order valence-corrected chi connectivity index (χ4v) is 2.44. The van der Waals surface area contributed by atoms with E-state index < -0.39 is 6.36 Å². The van der Waals surface area contributed by atoms with E-state index in [-0.39, 0.29) is 47.3 Å². The lowest BCUT2D eigenvalue weighted by molar-refractivity contribution is -0.274. The maximum Gasteiger partial charge on any atom is 0.573 e. The third kappa shape index (κ3) is 6.82. The summed E-state index contributed by atoms with van der Waals surface area (Å²) in [6, 6.07) is 6.25. The number of hydrogen-bond donors (Lipinski definition) is 2. The zero-order valence-electron chi connectivity index (χ0n) is 15.2. The zero-order valence-corrected chi connectivity index (χ0v) is 17.5. The first-order valence-corrected chi connectivity index (χ1v) is 8.02. The highest BCUT2D eigenvalue weighted by atomic mass is 127. The van der Waals surface area contributed by atoms with Crippen LogP contribution in [0.2, 0.25) is 0 Å². The molecule has 0 aromatic heterocycles. The number of guanidine groups is 1. The number of hydrogen-bond acceptors (Lipinski definition) is 3. The van der Waals surface area contributed by atoms with Gasteiger partial charge < -0.3 is 20.1 Å². The summed E-state index contributed by atoms with van der Waals surface area (Å²) < 4.78 is 47.1. The van der Waals surface area contributed by atoms with Gasteiger partial charge in [-0.15, -0.1) is 37.1 Å². The monoisotopic (exact) mass is 487 g/mol. The summed E-state index contributed by atoms with van der Waals surface area (Å²) in [5.41, 5.74) is 0.193. The highest BCUT2D eigenvalue weighted by molar-refractivity contribution is 14.0. The van der Waals surface area contributed by atoms with Gasteiger partial charge in [-0.2, -0.15) is 0 Å². The topological polar surface area (TPSA) is 54.9 Å². The standard InChI is InChI=1S/C17H24F3N3O2.HI/c1-16(2,24-4)10-22-15(21-3)23-13-9-12(13)11-7-5-6-8-14(11)25-17(18,19)20;/h5-8,12-13H,9-10H2,1-4H3,(H2,21,22,23);1H. The Kier molecular flexibility index (Phi) is 8.00. The molecule has 0 bridgehead atoms. The zero-order chi connectivity index (χ0) is 18.7. The summed E-state index contributed by atoms with van der Waals surface area (Å²) in [5.74, 6) is 0.396. The molecule has 1 aliphatic carbocycles. The van der Waals surface area contributed by atoms with E-state index in [9.17, 15) is 13.2 Å². The predicted octanol–water partition coefficient (Wildman–Crippen LogP) is 3.65. The number of benzene rings is 1. The molecule has 1 aromatic carbocycles. The molecule has 0 spiro atoms. The molecule has 0 saturated heterocycles. The lowest BCUT2D eigenvalue weighted by Gasteiger charge is -2.24. The normalized spacial score (nSPS) is 20.2. The molecule has 0 aliphatic heterocycles. The summed E-state index contributed by atoms with van der Waals surface area (Å²) in [4.78, 5) is 4.14. The first-order valence-electron chi connectivity index (χ1n) is 8.02. The molecule has 2 unspecified atom stereocenters. The van der Waals surface area contributed by atoms with E-state index in [1.165, 1.54) is 12.1 Å². The minimum Gasteiger partial charge on any atom is -0.405 e. The van der Waals surface area contributed by atoms with Crippen molar-refractivity contribution in [3.05, 3.63) is 29.8 Å². The van der Waals surface area contributed by atoms with Gasteiger partial charge in [-0.3, -0.25) is 4.99 Å². The summed E-state index contributed by atoms with van der Waals surface area (Å²) in [7, 11) is 3.28. The van der Waals surface area contributed by atoms with E-state index in [0.717, 1.165) is 0 Å². The second-order valence-electron chi connectivity index (χ2n) is 6.57. The fourth-order valence-electron chi connectivity index (χ4n) is 2.44. The van der Waals surface area contributed by atoms with Crippen LogP contribution in [0.4, 0.5) is 13.2 Å². The van der Waals surface area contributed by atoms with Gasteiger partial charge in [0.2, 0.25) is 0 Å². The van der Waals surface area contributed by atoms with Crippen molar-refractivity contribution in [2.75, 3.05) is 20.7 Å². The van der Waals surface area contributed by atoms with Crippen LogP contribution < -0.4 is 15.4 Å². The van der Waals surface area contributed by atoms with Gasteiger partial charge in [0.1, 0.15) is 5.75 Å². The molecule has 1 aliphatic rings. The number of ether oxygens (including phenoxy) is 2. The molecular weight excluding hydrogens is 462 g/mol. The molecule has 2 atom stereocenters. The van der Waals surface area contributed by atoms with E-state index in [1.807, 2.05) is 13.8 Å². The van der Waals surface area contributed by atoms with E-state index in [4.69, 9.17) is 4.74 Å². The number of alkyl halides is 3. The van der Waals surface area contributed by atoms with Gasteiger partial charge in [-0.05, 0) is 31.9 Å². The van der Waals surface area contributed by atoms with E-state index >= 15 is 0 Å². The Bertz CT molecular complexity index is 624. The van der Waals surface area contributed by atoms with Crippen molar-refractivity contribution >= 4 is 29.9 Å². The Morgan fingerprint density at radius 2 is 1.92 bits per heavy atom. The molecule has 0 heterocycles. The maximum absolute atomic E-state index is 12.5. The molecular formula is C17H25F3IN3O2. The Labute approximate surface area is 168 Å². The second-order valence-corrected chi connectivity index (χ2v) is 6.57. The van der Waals surface area contributed by atoms with Crippen molar-refractivity contribution in [3.63, 3.8) is 0 Å². The van der Waals surface area contributed by atoms with E-state index in [0.29, 0.717) is 24.5 Å². The van der Waals surface area contributed by atoms with Crippen molar-refractivity contribution in [2.24, 2.45) is 4.99 Å². The maximum atomic E-state index is 12.5. The number of nitrogens with one attached hydrogen (secondary N) is 2. The third-order valence-corrected chi connectivity index (χ3v) is 4.11. The molecule has 1 saturated carbocycles. The minimum absolute atomic E-state index is 0. The van der Waals surface area contributed by atoms with Gasteiger partial charge in [0.05, 0.1) is 5.60 Å². The van der Waals surface area contributed by atoms with Gasteiger partial charge in [-0.1, -0.05) is 18.2 Å². The van der Waals surface area contributed by atoms with Gasteiger partial charge in [-0.25, -0.2) is 0 Å². The molecule has 1 aromatic rings. The lowest BCUT2D eigenvalue weighted by Crippen LogP contribution is -2.46. The van der Waals surface area contributed by atoms with Gasteiger partial charge in [0, 0.05) is 32.7 Å². The second kappa shape index (κ2) is 9.12. The first-order chi connectivity index (χ1) is 11.6. The SMILES string of the molecule is CN=C(NCC(C)(C)OC)NC1CC1c1ccccc1OC(F)(F)F.I. The summed E-state index contributed by atoms with van der Waals surface area (Å²) >= 11 is 0. The van der Waals surface area contributed by atoms with Crippen LogP contribution in [0, 0.1) is 0 Å². The van der Waals surface area contributed by atoms with Crippen LogP contribution in [-0.4, -0.2) is 44.7 Å². The Hall–Kier alpha value is -1.23. The highest BCUT2D eigenvalue weighted by Crippen LogP contribution is 2.45. The number of halogens is 4. The number of methoxy groups -OCH3 is 1. The average molecular weight is 487 g/mol. The molecule has 1 fully saturated rings. The van der Waals surface area contributed by atoms with Crippen molar-refractivity contribution in [2.45, 2.75) is 44.2 Å². The largest absolute Gasteiger partial charge is 0.573 e. The average Bonchev–Trinajstić information content (AvgIpc) is 3.29. The van der Waals surface area contributed by atoms with Crippen LogP contribution >= 0.6 is 24.0 Å². The lowest BCUT2D eigenvalue weighted by atomic mass is 10.1. The number of para-hydroxylation sites is 1. The van der Waals surface area contributed by atoms with Gasteiger partial charge in [0.15, 0.2) is 5.96 Å². The van der Waals surface area contributed by atoms with Crippen molar-refractivity contribution in [1.29, 1.82) is 0 Å². The van der Waals surface area contributed by atoms with E-state index in [2.05, 4.69) is 20.4 Å². The quantitative estimate of drug-likeness (QED) is 0.366.